The number of carbonyl (C=O) groups excluding carboxylic acids is 2. The molecule has 0 heterocycles. The van der Waals surface area contributed by atoms with E-state index in [1.807, 2.05) is 12.1 Å². The Kier molecular flexibility index (Phi) is 8.90. The van der Waals surface area contributed by atoms with Crippen LogP contribution in [0.5, 0.6) is 0 Å². The summed E-state index contributed by atoms with van der Waals surface area (Å²) >= 11 is 0. The van der Waals surface area contributed by atoms with Crippen molar-refractivity contribution in [3.05, 3.63) is 0 Å². The minimum Gasteiger partial charge on any atom is -0.211 e. The van der Waals surface area contributed by atoms with Gasteiger partial charge < -0.3 is 0 Å². The van der Waals surface area contributed by atoms with Crippen LogP contribution in [0.3, 0.4) is 0 Å². The Bertz CT molecular complexity index is 513. The van der Waals surface area contributed by atoms with Crippen LogP contribution >= 0.6 is 0 Å². The molecule has 2 unspecified atom stereocenters. The van der Waals surface area contributed by atoms with E-state index in [9.17, 15) is 20.1 Å². The number of nitriles is 2. The fourth-order valence-corrected chi connectivity index (χ4v) is 1.57. The first kappa shape index (κ1) is 19.3. The highest BCUT2D eigenvalue weighted by Gasteiger charge is 2.27. The van der Waals surface area contributed by atoms with Crippen LogP contribution in [0, 0.1) is 22.7 Å². The Hall–Kier alpha value is -2.66. The van der Waals surface area contributed by atoms with Crippen molar-refractivity contribution in [3.8, 4) is 12.1 Å². The van der Waals surface area contributed by atoms with Crippen LogP contribution in [0.4, 0.5) is 0 Å². The summed E-state index contributed by atoms with van der Waals surface area (Å²) in [5.41, 5.74) is -2.14. The second kappa shape index (κ2) is 10.1. The van der Waals surface area contributed by atoms with E-state index < -0.39 is 11.1 Å². The van der Waals surface area contributed by atoms with Crippen LogP contribution in [0.1, 0.15) is 39.5 Å². The lowest BCUT2D eigenvalue weighted by Crippen LogP contribution is -2.24. The van der Waals surface area contributed by atoms with E-state index in [1.165, 1.54) is 12.2 Å². The Labute approximate surface area is 129 Å². The number of isocyanates is 2. The zero-order chi connectivity index (χ0) is 16.9. The number of azo groups is 1. The average Bonchev–Trinajstić information content (AvgIpc) is 2.54. The number of hydrogen-bond acceptors (Lipinski definition) is 8. The second-order valence-electron chi connectivity index (χ2n) is 5.12. The summed E-state index contributed by atoms with van der Waals surface area (Å²) in [7, 11) is 0. The van der Waals surface area contributed by atoms with E-state index in [0.717, 1.165) is 0 Å². The van der Waals surface area contributed by atoms with Crippen molar-refractivity contribution in [3.63, 3.8) is 0 Å². The SMILES string of the molecule is CC(C#N)(CCCN=C=O)N=NC(C)(C#N)CCCN=C=O. The smallest absolute Gasteiger partial charge is 0.211 e. The van der Waals surface area contributed by atoms with Crippen molar-refractivity contribution in [1.82, 2.24) is 0 Å². The normalized spacial score (nSPS) is 15.5. The van der Waals surface area contributed by atoms with Gasteiger partial charge in [-0.3, -0.25) is 0 Å². The maximum absolute atomic E-state index is 9.98. The lowest BCUT2D eigenvalue weighted by atomic mass is 9.97. The monoisotopic (exact) mass is 302 g/mol. The summed E-state index contributed by atoms with van der Waals surface area (Å²) < 4.78 is 0. The molecule has 0 aromatic heterocycles. The Morgan fingerprint density at radius 3 is 1.45 bits per heavy atom. The third kappa shape index (κ3) is 7.81. The van der Waals surface area contributed by atoms with Crippen molar-refractivity contribution in [2.45, 2.75) is 50.6 Å². The van der Waals surface area contributed by atoms with E-state index in [-0.39, 0.29) is 13.1 Å². The molecule has 0 bridgehead atoms. The molecule has 0 aliphatic rings. The average molecular weight is 302 g/mol. The van der Waals surface area contributed by atoms with E-state index in [1.54, 1.807) is 13.8 Å². The van der Waals surface area contributed by atoms with Crippen LogP contribution in [-0.2, 0) is 9.59 Å². The number of rotatable bonds is 10. The molecule has 22 heavy (non-hydrogen) atoms. The predicted octanol–water partition coefficient (Wildman–Crippen LogP) is 2.24. The van der Waals surface area contributed by atoms with E-state index in [0.29, 0.717) is 25.7 Å². The molecule has 0 N–H and O–H groups in total. The van der Waals surface area contributed by atoms with Crippen LogP contribution in [-0.4, -0.2) is 36.3 Å². The molecule has 0 aromatic rings. The van der Waals surface area contributed by atoms with Crippen LogP contribution < -0.4 is 0 Å². The Morgan fingerprint density at radius 1 is 0.818 bits per heavy atom. The van der Waals surface area contributed by atoms with Crippen LogP contribution in [0.2, 0.25) is 0 Å². The molecule has 0 aliphatic carbocycles. The van der Waals surface area contributed by atoms with Gasteiger partial charge in [0.1, 0.15) is 0 Å². The van der Waals surface area contributed by atoms with E-state index in [2.05, 4.69) is 20.2 Å². The third-order valence-corrected chi connectivity index (χ3v) is 2.97. The van der Waals surface area contributed by atoms with Gasteiger partial charge in [0.15, 0.2) is 11.1 Å². The molecule has 0 spiro atoms. The highest BCUT2D eigenvalue weighted by atomic mass is 16.1. The topological polar surface area (TPSA) is 131 Å². The zero-order valence-electron chi connectivity index (χ0n) is 12.7. The third-order valence-electron chi connectivity index (χ3n) is 2.97. The standard InChI is InChI=1S/C14H18N6O2/c1-13(9-15,5-3-7-17-11-21)19-20-14(2,10-16)6-4-8-18-12-22/h3-8H2,1-2H3. The zero-order valence-corrected chi connectivity index (χ0v) is 12.7. The summed E-state index contributed by atoms with van der Waals surface area (Å²) in [5.74, 6) is 0. The fraction of sp³-hybridized carbons (Fsp3) is 0.714. The van der Waals surface area contributed by atoms with Crippen LogP contribution in [0.15, 0.2) is 20.2 Å². The van der Waals surface area contributed by atoms with Gasteiger partial charge >= 0.3 is 0 Å². The second-order valence-corrected chi connectivity index (χ2v) is 5.12. The molecule has 0 amide bonds. The molecule has 116 valence electrons. The van der Waals surface area contributed by atoms with Crippen molar-refractivity contribution >= 4 is 12.2 Å². The number of nitrogens with zero attached hydrogens (tertiary/aromatic N) is 6. The lowest BCUT2D eigenvalue weighted by Gasteiger charge is -2.19. The van der Waals surface area contributed by atoms with E-state index in [4.69, 9.17) is 0 Å². The molecule has 0 rings (SSSR count). The molecule has 0 aliphatic heterocycles. The Morgan fingerprint density at radius 2 is 1.18 bits per heavy atom. The van der Waals surface area contributed by atoms with Crippen molar-refractivity contribution in [2.75, 3.05) is 13.1 Å². The number of aliphatic imine (C=N–C) groups is 2. The highest BCUT2D eigenvalue weighted by Crippen LogP contribution is 2.23. The Balaban J connectivity index is 4.75. The lowest BCUT2D eigenvalue weighted by molar-refractivity contribution is 0.439. The van der Waals surface area contributed by atoms with Crippen LogP contribution in [0.25, 0.3) is 0 Å². The van der Waals surface area contributed by atoms with Crippen molar-refractivity contribution in [1.29, 1.82) is 10.5 Å². The minimum atomic E-state index is -1.07. The van der Waals surface area contributed by atoms with Gasteiger partial charge in [0, 0.05) is 0 Å². The van der Waals surface area contributed by atoms with Gasteiger partial charge in [0.2, 0.25) is 12.2 Å². The summed E-state index contributed by atoms with van der Waals surface area (Å²) in [6.45, 7) is 3.76. The molecular weight excluding hydrogens is 284 g/mol. The van der Waals surface area contributed by atoms with Crippen molar-refractivity contribution < 1.29 is 9.59 Å². The number of hydrogen-bond donors (Lipinski definition) is 0. The summed E-state index contributed by atoms with van der Waals surface area (Å²) in [6, 6.07) is 4.10. The first-order valence-corrected chi connectivity index (χ1v) is 6.79. The summed E-state index contributed by atoms with van der Waals surface area (Å²) in [6.07, 6.45) is 4.59. The predicted molar refractivity (Wildman–Crippen MR) is 77.3 cm³/mol. The van der Waals surface area contributed by atoms with Gasteiger partial charge in [-0.2, -0.15) is 20.8 Å². The van der Waals surface area contributed by atoms with Crippen molar-refractivity contribution in [2.24, 2.45) is 20.2 Å². The van der Waals surface area contributed by atoms with E-state index >= 15 is 0 Å². The first-order chi connectivity index (χ1) is 10.4. The molecule has 8 heteroatoms. The molecule has 0 fully saturated rings. The highest BCUT2D eigenvalue weighted by molar-refractivity contribution is 5.32. The van der Waals surface area contributed by atoms with Gasteiger partial charge in [-0.05, 0) is 39.5 Å². The largest absolute Gasteiger partial charge is 0.234 e. The molecule has 0 radical (unpaired) electrons. The summed E-state index contributed by atoms with van der Waals surface area (Å²) in [4.78, 5) is 26.8. The fourth-order valence-electron chi connectivity index (χ4n) is 1.57. The molecule has 8 nitrogen and oxygen atoms in total. The molecule has 0 saturated carbocycles. The first-order valence-electron chi connectivity index (χ1n) is 6.79. The molecule has 0 aromatic carbocycles. The van der Waals surface area contributed by atoms with Gasteiger partial charge in [-0.15, -0.1) is 0 Å². The molecular formula is C14H18N6O2. The maximum Gasteiger partial charge on any atom is 0.234 e. The molecule has 0 saturated heterocycles. The van der Waals surface area contributed by atoms with Gasteiger partial charge in [0.25, 0.3) is 0 Å². The van der Waals surface area contributed by atoms with Gasteiger partial charge in [0.05, 0.1) is 25.2 Å². The van der Waals surface area contributed by atoms with Gasteiger partial charge in [-0.25, -0.2) is 19.6 Å². The maximum atomic E-state index is 9.98. The minimum absolute atomic E-state index is 0.273. The quantitative estimate of drug-likeness (QED) is 0.265. The van der Waals surface area contributed by atoms with Gasteiger partial charge in [-0.1, -0.05) is 0 Å². The summed E-state index contributed by atoms with van der Waals surface area (Å²) in [5, 5.41) is 26.4. The molecule has 2 atom stereocenters.